The van der Waals surface area contributed by atoms with Gasteiger partial charge in [-0.15, -0.1) is 11.8 Å². The second-order valence-corrected chi connectivity index (χ2v) is 9.40. The van der Waals surface area contributed by atoms with Crippen molar-refractivity contribution in [1.29, 1.82) is 0 Å². The number of nitrogens with one attached hydrogen (secondary N) is 1. The number of nitrogens with zero attached hydrogens (tertiary/aromatic N) is 2. The van der Waals surface area contributed by atoms with E-state index in [1.54, 1.807) is 11.8 Å². The molecule has 0 radical (unpaired) electrons. The van der Waals surface area contributed by atoms with Crippen LogP contribution in [0.4, 0.5) is 0 Å². The molecule has 1 fully saturated rings. The quantitative estimate of drug-likeness (QED) is 0.242. The Bertz CT molecular complexity index is 676. The van der Waals surface area contributed by atoms with E-state index >= 15 is 0 Å². The third-order valence-electron chi connectivity index (χ3n) is 5.47. The number of benzene rings is 1. The number of likely N-dealkylation sites (tertiary alicyclic amines) is 1. The van der Waals surface area contributed by atoms with Crippen LogP contribution in [-0.4, -0.2) is 49.5 Å². The predicted octanol–water partition coefficient (Wildman–Crippen LogP) is 6.54. The van der Waals surface area contributed by atoms with Crippen molar-refractivity contribution in [3.63, 3.8) is 0 Å². The predicted molar refractivity (Wildman–Crippen MR) is 138 cm³/mol. The summed E-state index contributed by atoms with van der Waals surface area (Å²) in [6.07, 6.45) is 13.7. The van der Waals surface area contributed by atoms with E-state index in [4.69, 9.17) is 11.6 Å². The highest BCUT2D eigenvalue weighted by atomic mass is 35.5. The lowest BCUT2D eigenvalue weighted by Crippen LogP contribution is -2.31. The Balaban J connectivity index is 0.000000311. The fourth-order valence-electron chi connectivity index (χ4n) is 3.24. The highest BCUT2D eigenvalue weighted by Crippen LogP contribution is 2.16. The molecule has 0 saturated carbocycles. The lowest BCUT2D eigenvalue weighted by Gasteiger charge is -2.16. The van der Waals surface area contributed by atoms with Gasteiger partial charge in [-0.05, 0) is 70.0 Å². The number of amides is 1. The zero-order chi connectivity index (χ0) is 22.9. The molecular weight excluding hydrogens is 426 g/mol. The number of carbonyl (C=O) groups excluding carboxylic acids is 1. The minimum Gasteiger partial charge on any atom is -0.345 e. The molecule has 1 heterocycles. The molecule has 1 aliphatic heterocycles. The highest BCUT2D eigenvalue weighted by molar-refractivity contribution is 8.02. The van der Waals surface area contributed by atoms with E-state index in [2.05, 4.69) is 30.4 Å². The molecule has 0 bridgehead atoms. The average molecular weight is 466 g/mol. The SMILES string of the molecule is CCCCCCNC1CCCN(C=O)CC1.CS/C(C)=C(/C)N=Cc1ccc(Cl)cc1. The number of aliphatic imine (C=N–C) groups is 1. The Kier molecular flexibility index (Phi) is 15.5. The standard InChI is InChI=1S/C13H26N2O.C12H14ClNS/c1-2-3-4-5-9-14-13-7-6-10-15(12-16)11-8-13;1-9(10(2)15-3)14-8-11-4-6-12(13)7-5-11/h12-14H,2-11H2,1H3;4-8H,1-3H3/b;10-9-,14-8?. The average Bonchev–Trinajstić information content (AvgIpc) is 3.03. The van der Waals surface area contributed by atoms with E-state index in [9.17, 15) is 4.79 Å². The minimum absolute atomic E-state index is 0.631. The number of halogens is 1. The normalized spacial score (nSPS) is 17.6. The monoisotopic (exact) mass is 465 g/mol. The Morgan fingerprint density at radius 1 is 1.19 bits per heavy atom. The van der Waals surface area contributed by atoms with Crippen LogP contribution >= 0.6 is 23.4 Å². The van der Waals surface area contributed by atoms with Crippen LogP contribution in [-0.2, 0) is 4.79 Å². The van der Waals surface area contributed by atoms with E-state index in [0.717, 1.165) is 55.2 Å². The number of hydrogen-bond donors (Lipinski definition) is 1. The first-order chi connectivity index (χ1) is 15.0. The topological polar surface area (TPSA) is 44.7 Å². The van der Waals surface area contributed by atoms with Crippen LogP contribution in [0.3, 0.4) is 0 Å². The first-order valence-electron chi connectivity index (χ1n) is 11.4. The lowest BCUT2D eigenvalue weighted by atomic mass is 10.1. The van der Waals surface area contributed by atoms with Crippen LogP contribution in [0.5, 0.6) is 0 Å². The van der Waals surface area contributed by atoms with Crippen LogP contribution < -0.4 is 5.32 Å². The van der Waals surface area contributed by atoms with E-state index in [1.807, 2.05) is 42.3 Å². The van der Waals surface area contributed by atoms with Gasteiger partial charge in [0.15, 0.2) is 0 Å². The van der Waals surface area contributed by atoms with Crippen molar-refractivity contribution >= 4 is 36.0 Å². The van der Waals surface area contributed by atoms with Crippen molar-refractivity contribution in [3.05, 3.63) is 45.5 Å². The first-order valence-corrected chi connectivity index (χ1v) is 13.0. The van der Waals surface area contributed by atoms with Gasteiger partial charge in [-0.25, -0.2) is 0 Å². The number of hydrogen-bond acceptors (Lipinski definition) is 4. The van der Waals surface area contributed by atoms with Gasteiger partial charge < -0.3 is 10.2 Å². The van der Waals surface area contributed by atoms with Crippen molar-refractivity contribution in [3.8, 4) is 0 Å². The molecule has 1 aliphatic rings. The molecule has 174 valence electrons. The fraction of sp³-hybridized carbons (Fsp3) is 0.600. The van der Waals surface area contributed by atoms with Gasteiger partial charge in [0.2, 0.25) is 6.41 Å². The molecule has 4 nitrogen and oxygen atoms in total. The van der Waals surface area contributed by atoms with Crippen LogP contribution in [0, 0.1) is 0 Å². The maximum atomic E-state index is 10.7. The van der Waals surface area contributed by atoms with Crippen LogP contribution in [0.15, 0.2) is 39.9 Å². The molecule has 1 atom stereocenters. The second-order valence-electron chi connectivity index (χ2n) is 7.94. The summed E-state index contributed by atoms with van der Waals surface area (Å²) in [7, 11) is 0. The van der Waals surface area contributed by atoms with Crippen LogP contribution in [0.25, 0.3) is 0 Å². The van der Waals surface area contributed by atoms with E-state index in [0.29, 0.717) is 6.04 Å². The molecule has 1 amide bonds. The largest absolute Gasteiger partial charge is 0.345 e. The Hall–Kier alpha value is -1.30. The van der Waals surface area contributed by atoms with Gasteiger partial charge in [-0.2, -0.15) is 0 Å². The van der Waals surface area contributed by atoms with Crippen molar-refractivity contribution in [2.75, 3.05) is 25.9 Å². The van der Waals surface area contributed by atoms with E-state index < -0.39 is 0 Å². The van der Waals surface area contributed by atoms with Gasteiger partial charge in [0.1, 0.15) is 0 Å². The van der Waals surface area contributed by atoms with Gasteiger partial charge >= 0.3 is 0 Å². The number of rotatable bonds is 10. The zero-order valence-electron chi connectivity index (χ0n) is 19.7. The Morgan fingerprint density at radius 2 is 1.94 bits per heavy atom. The van der Waals surface area contributed by atoms with Crippen LogP contribution in [0.2, 0.25) is 5.02 Å². The highest BCUT2D eigenvalue weighted by Gasteiger charge is 2.14. The fourth-order valence-corrected chi connectivity index (χ4v) is 3.72. The Labute approximate surface area is 198 Å². The molecule has 1 unspecified atom stereocenters. The molecule has 1 aromatic carbocycles. The van der Waals surface area contributed by atoms with Gasteiger partial charge in [0.25, 0.3) is 0 Å². The Morgan fingerprint density at radius 3 is 2.58 bits per heavy atom. The lowest BCUT2D eigenvalue weighted by molar-refractivity contribution is -0.118. The zero-order valence-corrected chi connectivity index (χ0v) is 21.3. The maximum absolute atomic E-state index is 10.7. The molecular formula is C25H40ClN3OS. The molecule has 1 aromatic rings. The van der Waals surface area contributed by atoms with Crippen molar-refractivity contribution in [2.45, 2.75) is 71.8 Å². The molecule has 31 heavy (non-hydrogen) atoms. The van der Waals surface area contributed by atoms with Gasteiger partial charge in [-0.3, -0.25) is 9.79 Å². The molecule has 0 aromatic heterocycles. The van der Waals surface area contributed by atoms with Gasteiger partial charge in [0, 0.05) is 41.0 Å². The summed E-state index contributed by atoms with van der Waals surface area (Å²) in [5, 5.41) is 4.37. The number of allylic oxidation sites excluding steroid dienone is 2. The van der Waals surface area contributed by atoms with Gasteiger partial charge in [-0.1, -0.05) is 49.9 Å². The molecule has 0 spiro atoms. The third-order valence-corrected chi connectivity index (χ3v) is 6.63. The smallest absolute Gasteiger partial charge is 0.209 e. The van der Waals surface area contributed by atoms with Gasteiger partial charge in [0.05, 0.1) is 0 Å². The maximum Gasteiger partial charge on any atom is 0.209 e. The summed E-state index contributed by atoms with van der Waals surface area (Å²) >= 11 is 7.51. The first kappa shape index (κ1) is 27.7. The van der Waals surface area contributed by atoms with E-state index in [1.165, 1.54) is 37.0 Å². The number of carbonyl (C=O) groups is 1. The number of unbranched alkanes of at least 4 members (excludes halogenated alkanes) is 3. The summed E-state index contributed by atoms with van der Waals surface area (Å²) in [6.45, 7) is 9.34. The number of thioether (sulfide) groups is 1. The van der Waals surface area contributed by atoms with Crippen molar-refractivity contribution in [2.24, 2.45) is 4.99 Å². The van der Waals surface area contributed by atoms with Crippen molar-refractivity contribution < 1.29 is 4.79 Å². The molecule has 1 saturated heterocycles. The summed E-state index contributed by atoms with van der Waals surface area (Å²) < 4.78 is 0. The molecule has 1 N–H and O–H groups in total. The molecule has 6 heteroatoms. The molecule has 2 rings (SSSR count). The summed E-state index contributed by atoms with van der Waals surface area (Å²) in [5.41, 5.74) is 2.12. The van der Waals surface area contributed by atoms with Crippen LogP contribution in [0.1, 0.15) is 71.3 Å². The molecule has 0 aliphatic carbocycles. The van der Waals surface area contributed by atoms with E-state index in [-0.39, 0.29) is 0 Å². The summed E-state index contributed by atoms with van der Waals surface area (Å²) in [4.78, 5) is 18.2. The second kappa shape index (κ2) is 17.3. The third kappa shape index (κ3) is 13.0. The summed E-state index contributed by atoms with van der Waals surface area (Å²) in [6, 6.07) is 8.26. The minimum atomic E-state index is 0.631. The van der Waals surface area contributed by atoms with Crippen molar-refractivity contribution in [1.82, 2.24) is 10.2 Å². The summed E-state index contributed by atoms with van der Waals surface area (Å²) in [5.74, 6) is 0.